The van der Waals surface area contributed by atoms with Crippen LogP contribution in [-0.4, -0.2) is 15.2 Å². The minimum atomic E-state index is -0.270. The Kier molecular flexibility index (Phi) is 3.40. The predicted octanol–water partition coefficient (Wildman–Crippen LogP) is 2.75. The van der Waals surface area contributed by atoms with Crippen LogP contribution in [0.5, 0.6) is 0 Å². The van der Waals surface area contributed by atoms with Gasteiger partial charge in [0.1, 0.15) is 5.38 Å². The van der Waals surface area contributed by atoms with Crippen molar-refractivity contribution >= 4 is 29.0 Å². The summed E-state index contributed by atoms with van der Waals surface area (Å²) in [5.74, 6) is 0.421. The van der Waals surface area contributed by atoms with Crippen molar-refractivity contribution in [3.05, 3.63) is 22.0 Å². The molecule has 0 spiro atoms. The SMILES string of the molecule is Cc1ncc(CNc2nnc(C(C)Cl)o2)s1. The van der Waals surface area contributed by atoms with Crippen molar-refractivity contribution in [2.75, 3.05) is 5.32 Å². The van der Waals surface area contributed by atoms with Crippen LogP contribution in [0.1, 0.15) is 28.1 Å². The van der Waals surface area contributed by atoms with Gasteiger partial charge in [-0.15, -0.1) is 28.0 Å². The molecule has 0 aliphatic carbocycles. The van der Waals surface area contributed by atoms with Crippen molar-refractivity contribution < 1.29 is 4.42 Å². The third-order valence-electron chi connectivity index (χ3n) is 1.86. The van der Waals surface area contributed by atoms with Gasteiger partial charge in [0, 0.05) is 11.1 Å². The number of nitrogens with zero attached hydrogens (tertiary/aromatic N) is 3. The van der Waals surface area contributed by atoms with Crippen molar-refractivity contribution in [1.29, 1.82) is 0 Å². The second kappa shape index (κ2) is 4.80. The topological polar surface area (TPSA) is 63.8 Å². The van der Waals surface area contributed by atoms with Crippen molar-refractivity contribution in [1.82, 2.24) is 15.2 Å². The molecule has 0 fully saturated rings. The van der Waals surface area contributed by atoms with E-state index < -0.39 is 0 Å². The van der Waals surface area contributed by atoms with Gasteiger partial charge in [0.15, 0.2) is 0 Å². The fraction of sp³-hybridized carbons (Fsp3) is 0.444. The Bertz CT molecular complexity index is 468. The minimum Gasteiger partial charge on any atom is -0.406 e. The van der Waals surface area contributed by atoms with Crippen LogP contribution in [-0.2, 0) is 6.54 Å². The molecule has 0 saturated carbocycles. The smallest absolute Gasteiger partial charge is 0.315 e. The number of rotatable bonds is 4. The number of hydrogen-bond donors (Lipinski definition) is 1. The molecule has 0 radical (unpaired) electrons. The highest BCUT2D eigenvalue weighted by molar-refractivity contribution is 7.11. The Morgan fingerprint density at radius 1 is 1.56 bits per heavy atom. The van der Waals surface area contributed by atoms with E-state index in [1.807, 2.05) is 13.1 Å². The lowest BCUT2D eigenvalue weighted by molar-refractivity contribution is 0.506. The summed E-state index contributed by atoms with van der Waals surface area (Å²) < 4.78 is 5.29. The summed E-state index contributed by atoms with van der Waals surface area (Å²) in [6.07, 6.45) is 1.83. The molecule has 0 saturated heterocycles. The molecule has 16 heavy (non-hydrogen) atoms. The van der Waals surface area contributed by atoms with E-state index in [1.165, 1.54) is 0 Å². The lowest BCUT2D eigenvalue weighted by atomic mass is 10.5. The molecule has 2 aromatic heterocycles. The van der Waals surface area contributed by atoms with Gasteiger partial charge in [-0.1, -0.05) is 5.10 Å². The number of aromatic nitrogens is 3. The number of thiazole rings is 1. The van der Waals surface area contributed by atoms with Gasteiger partial charge in [-0.25, -0.2) is 4.98 Å². The molecular formula is C9H11ClN4OS. The highest BCUT2D eigenvalue weighted by atomic mass is 35.5. The van der Waals surface area contributed by atoms with Crippen molar-refractivity contribution in [2.45, 2.75) is 25.8 Å². The van der Waals surface area contributed by atoms with Crippen LogP contribution < -0.4 is 5.32 Å². The zero-order chi connectivity index (χ0) is 11.5. The second-order valence-corrected chi connectivity index (χ2v) is 5.23. The largest absolute Gasteiger partial charge is 0.406 e. The van der Waals surface area contributed by atoms with Gasteiger partial charge >= 0.3 is 6.01 Å². The van der Waals surface area contributed by atoms with Crippen LogP contribution in [0.25, 0.3) is 0 Å². The van der Waals surface area contributed by atoms with Gasteiger partial charge in [-0.2, -0.15) is 0 Å². The molecule has 0 bridgehead atoms. The van der Waals surface area contributed by atoms with Gasteiger partial charge < -0.3 is 9.73 Å². The Labute approximate surface area is 102 Å². The molecule has 2 heterocycles. The maximum absolute atomic E-state index is 5.81. The van der Waals surface area contributed by atoms with E-state index in [-0.39, 0.29) is 5.38 Å². The van der Waals surface area contributed by atoms with Crippen LogP contribution in [0.3, 0.4) is 0 Å². The third kappa shape index (κ3) is 2.70. The average Bonchev–Trinajstić information content (AvgIpc) is 2.83. The monoisotopic (exact) mass is 258 g/mol. The normalized spacial score (nSPS) is 12.7. The molecule has 5 nitrogen and oxygen atoms in total. The lowest BCUT2D eigenvalue weighted by Gasteiger charge is -1.97. The summed E-state index contributed by atoms with van der Waals surface area (Å²) >= 11 is 7.44. The number of nitrogens with one attached hydrogen (secondary N) is 1. The average molecular weight is 259 g/mol. The summed E-state index contributed by atoms with van der Waals surface area (Å²) in [7, 11) is 0. The van der Waals surface area contributed by atoms with Gasteiger partial charge in [0.2, 0.25) is 5.89 Å². The maximum atomic E-state index is 5.81. The first-order valence-electron chi connectivity index (χ1n) is 4.78. The summed E-state index contributed by atoms with van der Waals surface area (Å²) in [5.41, 5.74) is 0. The Morgan fingerprint density at radius 2 is 2.38 bits per heavy atom. The molecule has 2 rings (SSSR count). The Morgan fingerprint density at radius 3 is 2.94 bits per heavy atom. The molecule has 0 aliphatic heterocycles. The fourth-order valence-electron chi connectivity index (χ4n) is 1.12. The lowest BCUT2D eigenvalue weighted by Crippen LogP contribution is -1.97. The first-order valence-corrected chi connectivity index (χ1v) is 6.03. The number of hydrogen-bond acceptors (Lipinski definition) is 6. The third-order valence-corrected chi connectivity index (χ3v) is 2.96. The van der Waals surface area contributed by atoms with Gasteiger partial charge in [0.25, 0.3) is 0 Å². The van der Waals surface area contributed by atoms with Crippen LogP contribution in [0.4, 0.5) is 6.01 Å². The van der Waals surface area contributed by atoms with Crippen LogP contribution in [0.15, 0.2) is 10.6 Å². The van der Waals surface area contributed by atoms with Gasteiger partial charge in [-0.05, 0) is 13.8 Å². The number of halogens is 1. The van der Waals surface area contributed by atoms with E-state index in [9.17, 15) is 0 Å². The first kappa shape index (κ1) is 11.3. The zero-order valence-corrected chi connectivity index (χ0v) is 10.5. The molecular weight excluding hydrogens is 248 g/mol. The Hall–Kier alpha value is -1.14. The molecule has 1 unspecified atom stereocenters. The van der Waals surface area contributed by atoms with E-state index >= 15 is 0 Å². The quantitative estimate of drug-likeness (QED) is 0.855. The molecule has 86 valence electrons. The molecule has 7 heteroatoms. The second-order valence-electron chi connectivity index (χ2n) is 3.26. The molecule has 0 amide bonds. The van der Waals surface area contributed by atoms with Crippen LogP contribution in [0.2, 0.25) is 0 Å². The van der Waals surface area contributed by atoms with E-state index in [1.54, 1.807) is 18.3 Å². The number of alkyl halides is 1. The van der Waals surface area contributed by atoms with Crippen LogP contribution in [0, 0.1) is 6.92 Å². The summed E-state index contributed by atoms with van der Waals surface area (Å²) in [6.45, 7) is 4.38. The standard InChI is InChI=1S/C9H11ClN4OS/c1-5(10)8-13-14-9(15-8)12-4-7-3-11-6(2)16-7/h3,5H,4H2,1-2H3,(H,12,14). The minimum absolute atomic E-state index is 0.270. The molecule has 1 N–H and O–H groups in total. The summed E-state index contributed by atoms with van der Waals surface area (Å²) in [6, 6.07) is 0.383. The molecule has 0 aliphatic rings. The molecule has 1 atom stereocenters. The summed E-state index contributed by atoms with van der Waals surface area (Å²) in [4.78, 5) is 5.27. The van der Waals surface area contributed by atoms with E-state index in [0.29, 0.717) is 18.5 Å². The van der Waals surface area contributed by atoms with Gasteiger partial charge in [-0.3, -0.25) is 0 Å². The van der Waals surface area contributed by atoms with E-state index in [0.717, 1.165) is 9.88 Å². The van der Waals surface area contributed by atoms with Crippen LogP contribution >= 0.6 is 22.9 Å². The number of aryl methyl sites for hydroxylation is 1. The van der Waals surface area contributed by atoms with Crippen molar-refractivity contribution in [3.8, 4) is 0 Å². The highest BCUT2D eigenvalue weighted by Gasteiger charge is 2.10. The maximum Gasteiger partial charge on any atom is 0.315 e. The first-order chi connectivity index (χ1) is 7.65. The molecule has 0 aromatic carbocycles. The Balaban J connectivity index is 1.94. The van der Waals surface area contributed by atoms with E-state index in [4.69, 9.17) is 16.0 Å². The van der Waals surface area contributed by atoms with Crippen molar-refractivity contribution in [2.24, 2.45) is 0 Å². The highest BCUT2D eigenvalue weighted by Crippen LogP contribution is 2.20. The van der Waals surface area contributed by atoms with Gasteiger partial charge in [0.05, 0.1) is 11.6 Å². The van der Waals surface area contributed by atoms with E-state index in [2.05, 4.69) is 20.5 Å². The zero-order valence-electron chi connectivity index (χ0n) is 8.90. The predicted molar refractivity (Wildman–Crippen MR) is 62.7 cm³/mol. The van der Waals surface area contributed by atoms with Crippen molar-refractivity contribution in [3.63, 3.8) is 0 Å². The molecule has 2 aromatic rings. The fourth-order valence-corrected chi connectivity index (χ4v) is 1.94. The summed E-state index contributed by atoms with van der Waals surface area (Å²) in [5, 5.41) is 11.4. The number of anilines is 1.